The van der Waals surface area contributed by atoms with E-state index in [0.717, 1.165) is 5.56 Å². The van der Waals surface area contributed by atoms with Crippen molar-refractivity contribution in [2.24, 2.45) is 0 Å². The average Bonchev–Trinajstić information content (AvgIpc) is 2.87. The van der Waals surface area contributed by atoms with Crippen molar-refractivity contribution < 1.29 is 14.4 Å². The van der Waals surface area contributed by atoms with Crippen LogP contribution < -0.4 is 10.6 Å². The summed E-state index contributed by atoms with van der Waals surface area (Å²) in [6.45, 7) is 1.58. The molecule has 0 saturated carbocycles. The van der Waals surface area contributed by atoms with Gasteiger partial charge in [-0.05, 0) is 35.9 Å². The maximum absolute atomic E-state index is 12.6. The van der Waals surface area contributed by atoms with Crippen molar-refractivity contribution in [3.8, 4) is 0 Å². The predicted molar refractivity (Wildman–Crippen MR) is 105 cm³/mol. The number of hydrogen-bond donors (Lipinski definition) is 2. The Morgan fingerprint density at radius 3 is 2.52 bits per heavy atom. The van der Waals surface area contributed by atoms with E-state index in [4.69, 9.17) is 23.2 Å². The van der Waals surface area contributed by atoms with Crippen LogP contribution in [-0.4, -0.2) is 28.7 Å². The van der Waals surface area contributed by atoms with Gasteiger partial charge in [-0.25, -0.2) is 0 Å². The third-order valence-electron chi connectivity index (χ3n) is 4.12. The molecule has 2 N–H and O–H groups in total. The van der Waals surface area contributed by atoms with Crippen molar-refractivity contribution in [3.63, 3.8) is 0 Å². The number of hydrogen-bond acceptors (Lipinski definition) is 4. The van der Waals surface area contributed by atoms with Gasteiger partial charge in [-0.1, -0.05) is 35.3 Å². The molecular weight excluding hydrogens is 389 g/mol. The average molecular weight is 406 g/mol. The summed E-state index contributed by atoms with van der Waals surface area (Å²) in [6.07, 6.45) is 0.0600. The molecule has 2 aromatic rings. The minimum absolute atomic E-state index is 0.0600. The summed E-state index contributed by atoms with van der Waals surface area (Å²) < 4.78 is 0. The van der Waals surface area contributed by atoms with E-state index in [0.29, 0.717) is 21.4 Å². The van der Waals surface area contributed by atoms with Gasteiger partial charge < -0.3 is 10.6 Å². The van der Waals surface area contributed by atoms with E-state index in [9.17, 15) is 14.4 Å². The van der Waals surface area contributed by atoms with Crippen molar-refractivity contribution in [3.05, 3.63) is 58.1 Å². The normalized spacial score (nSPS) is 16.6. The lowest BCUT2D eigenvalue weighted by atomic mass is 10.2. The predicted octanol–water partition coefficient (Wildman–Crippen LogP) is 3.69. The fourth-order valence-electron chi connectivity index (χ4n) is 2.84. The van der Waals surface area contributed by atoms with Gasteiger partial charge in [0.2, 0.25) is 11.8 Å². The van der Waals surface area contributed by atoms with Crippen LogP contribution in [0, 0.1) is 0 Å². The third kappa shape index (κ3) is 4.59. The molecule has 3 amide bonds. The van der Waals surface area contributed by atoms with Crippen LogP contribution in [0.4, 0.5) is 11.4 Å². The second-order valence-corrected chi connectivity index (χ2v) is 7.07. The monoisotopic (exact) mass is 405 g/mol. The van der Waals surface area contributed by atoms with Crippen LogP contribution in [0.3, 0.4) is 0 Å². The lowest BCUT2D eigenvalue weighted by Gasteiger charge is -2.17. The third-order valence-corrected chi connectivity index (χ3v) is 4.70. The van der Waals surface area contributed by atoms with Crippen molar-refractivity contribution in [1.29, 1.82) is 0 Å². The Bertz CT molecular complexity index is 900. The van der Waals surface area contributed by atoms with Gasteiger partial charge in [0, 0.05) is 17.6 Å². The number of nitrogens with zero attached hydrogens (tertiary/aromatic N) is 1. The highest BCUT2D eigenvalue weighted by molar-refractivity contribution is 6.33. The molecule has 1 atom stereocenters. The largest absolute Gasteiger partial charge is 0.373 e. The maximum atomic E-state index is 12.6. The van der Waals surface area contributed by atoms with Gasteiger partial charge in [0.15, 0.2) is 0 Å². The second-order valence-electron chi connectivity index (χ2n) is 6.22. The summed E-state index contributed by atoms with van der Waals surface area (Å²) in [7, 11) is 0. The first-order valence-corrected chi connectivity index (χ1v) is 9.01. The fourth-order valence-corrected chi connectivity index (χ4v) is 3.13. The first kappa shape index (κ1) is 19.2. The molecule has 0 bridgehead atoms. The highest BCUT2D eigenvalue weighted by atomic mass is 35.5. The van der Waals surface area contributed by atoms with E-state index in [-0.39, 0.29) is 30.7 Å². The van der Waals surface area contributed by atoms with Gasteiger partial charge in [0.05, 0.1) is 23.7 Å². The zero-order valence-corrected chi connectivity index (χ0v) is 16.0. The molecule has 0 radical (unpaired) electrons. The molecule has 8 heteroatoms. The lowest BCUT2D eigenvalue weighted by Crippen LogP contribution is -2.34. The van der Waals surface area contributed by atoms with E-state index in [2.05, 4.69) is 10.6 Å². The molecule has 1 fully saturated rings. The Balaban J connectivity index is 1.71. The number of likely N-dealkylation sites (tertiary alicyclic amines) is 1. The summed E-state index contributed by atoms with van der Waals surface area (Å²) >= 11 is 11.9. The summed E-state index contributed by atoms with van der Waals surface area (Å²) in [5.74, 6) is -0.801. The molecule has 1 heterocycles. The second kappa shape index (κ2) is 7.98. The molecule has 0 aliphatic carbocycles. The molecule has 1 saturated heterocycles. The zero-order valence-electron chi connectivity index (χ0n) is 14.5. The zero-order chi connectivity index (χ0) is 19.6. The van der Waals surface area contributed by atoms with Crippen LogP contribution >= 0.6 is 23.2 Å². The molecule has 0 aromatic heterocycles. The molecule has 2 aromatic carbocycles. The van der Waals surface area contributed by atoms with Gasteiger partial charge in [0.25, 0.3) is 5.91 Å². The van der Waals surface area contributed by atoms with Crippen LogP contribution in [0.5, 0.6) is 0 Å². The number of imide groups is 1. The minimum atomic E-state index is -0.670. The minimum Gasteiger partial charge on any atom is -0.373 e. The number of amides is 3. The van der Waals surface area contributed by atoms with Crippen LogP contribution in [0.2, 0.25) is 10.0 Å². The summed E-state index contributed by atoms with van der Waals surface area (Å²) in [5.41, 5.74) is 1.84. The number of benzene rings is 2. The molecule has 140 valence electrons. The van der Waals surface area contributed by atoms with Gasteiger partial charge in [-0.15, -0.1) is 0 Å². The number of nitrogens with one attached hydrogen (secondary N) is 2. The van der Waals surface area contributed by atoms with Gasteiger partial charge in [-0.2, -0.15) is 0 Å². The van der Waals surface area contributed by atoms with E-state index in [1.165, 1.54) is 11.8 Å². The van der Waals surface area contributed by atoms with Gasteiger partial charge in [0.1, 0.15) is 6.04 Å². The molecule has 1 unspecified atom stereocenters. The Labute approximate surface area is 166 Å². The Kier molecular flexibility index (Phi) is 5.68. The van der Waals surface area contributed by atoms with Crippen molar-refractivity contribution in [1.82, 2.24) is 4.90 Å². The first-order valence-electron chi connectivity index (χ1n) is 8.26. The molecular formula is C19H17Cl2N3O3. The number of rotatable bonds is 5. The van der Waals surface area contributed by atoms with Crippen LogP contribution in [-0.2, 0) is 20.9 Å². The molecule has 0 spiro atoms. The Morgan fingerprint density at radius 2 is 1.85 bits per heavy atom. The van der Waals surface area contributed by atoms with E-state index in [1.807, 2.05) is 0 Å². The Hall–Kier alpha value is -2.57. The van der Waals surface area contributed by atoms with Crippen molar-refractivity contribution in [2.75, 3.05) is 10.6 Å². The number of halogens is 2. The van der Waals surface area contributed by atoms with Crippen LogP contribution in [0.25, 0.3) is 0 Å². The number of carbonyl (C=O) groups excluding carboxylic acids is 3. The molecule has 27 heavy (non-hydrogen) atoms. The molecule has 1 aliphatic rings. The van der Waals surface area contributed by atoms with Gasteiger partial charge in [-0.3, -0.25) is 19.3 Å². The summed E-state index contributed by atoms with van der Waals surface area (Å²) in [6, 6.07) is 11.3. The van der Waals surface area contributed by atoms with Crippen LogP contribution in [0.15, 0.2) is 42.5 Å². The van der Waals surface area contributed by atoms with E-state index >= 15 is 0 Å². The number of carbonyl (C=O) groups is 3. The standard InChI is InChI=1S/C19H17Cl2N3O3/c1-11(25)22-16-8-14(6-7-15(16)21)23-17-9-18(26)24(19(17)27)10-12-2-4-13(20)5-3-12/h2-8,17,23H,9-10H2,1H3,(H,22,25). The number of anilines is 2. The smallest absolute Gasteiger partial charge is 0.252 e. The maximum Gasteiger partial charge on any atom is 0.252 e. The lowest BCUT2D eigenvalue weighted by molar-refractivity contribution is -0.139. The van der Waals surface area contributed by atoms with Crippen molar-refractivity contribution >= 4 is 52.3 Å². The fraction of sp³-hybridized carbons (Fsp3) is 0.211. The summed E-state index contributed by atoms with van der Waals surface area (Å²) in [5, 5.41) is 6.64. The van der Waals surface area contributed by atoms with Crippen molar-refractivity contribution in [2.45, 2.75) is 25.9 Å². The molecule has 3 rings (SSSR count). The highest BCUT2D eigenvalue weighted by Gasteiger charge is 2.38. The van der Waals surface area contributed by atoms with E-state index in [1.54, 1.807) is 42.5 Å². The Morgan fingerprint density at radius 1 is 1.15 bits per heavy atom. The molecule has 1 aliphatic heterocycles. The molecule has 6 nitrogen and oxygen atoms in total. The first-order chi connectivity index (χ1) is 12.8. The topological polar surface area (TPSA) is 78.5 Å². The van der Waals surface area contributed by atoms with Gasteiger partial charge >= 0.3 is 0 Å². The SMILES string of the molecule is CC(=O)Nc1cc(NC2CC(=O)N(Cc3ccc(Cl)cc3)C2=O)ccc1Cl. The van der Waals surface area contributed by atoms with E-state index < -0.39 is 6.04 Å². The van der Waals surface area contributed by atoms with Crippen LogP contribution in [0.1, 0.15) is 18.9 Å². The highest BCUT2D eigenvalue weighted by Crippen LogP contribution is 2.27. The summed E-state index contributed by atoms with van der Waals surface area (Å²) in [4.78, 5) is 37.4. The quantitative estimate of drug-likeness (QED) is 0.743.